The van der Waals surface area contributed by atoms with Gasteiger partial charge in [-0.05, 0) is 12.1 Å². The van der Waals surface area contributed by atoms with Gasteiger partial charge in [0.25, 0.3) is 5.91 Å². The third-order valence-corrected chi connectivity index (χ3v) is 4.34. The minimum absolute atomic E-state index is 0.00308. The molecule has 0 unspecified atom stereocenters. The number of aromatic nitrogens is 4. The van der Waals surface area contributed by atoms with Crippen molar-refractivity contribution in [2.24, 2.45) is 7.05 Å². The number of methoxy groups -OCH3 is 1. The number of benzene rings is 1. The number of imide groups is 1. The quantitative estimate of drug-likeness (QED) is 0.358. The number of carbonyl (C=O) groups is 3. The molecule has 4 N–H and O–H groups in total. The molecule has 2 aromatic heterocycles. The van der Waals surface area contributed by atoms with Crippen LogP contribution in [0.25, 0.3) is 11.4 Å². The number of aryl methyl sites for hydroxylation is 1. The number of hydrogen-bond donors (Lipinski definition) is 4. The highest BCUT2D eigenvalue weighted by atomic mass is 16.5. The summed E-state index contributed by atoms with van der Waals surface area (Å²) in [6.07, 6.45) is 2.71. The standard InChI is InChI=1S/C20H19B3N8O4/c1-10(32)26-19(34)28-15-7-14(12(8-24-15)18(33)29-20(21,22)23)27-13-6-4-5-11(16(13)35-3)17-25-9-31(2)30-17/h4-9H,1-3H3,(H,29,33)(H3,24,26,27,28,32,34). The van der Waals surface area contributed by atoms with E-state index in [0.717, 1.165) is 0 Å². The van der Waals surface area contributed by atoms with Crippen LogP contribution in [0.15, 0.2) is 36.8 Å². The van der Waals surface area contributed by atoms with Crippen molar-refractivity contribution in [3.05, 3.63) is 42.4 Å². The van der Waals surface area contributed by atoms with Crippen molar-refractivity contribution in [3.63, 3.8) is 0 Å². The number of nitrogens with one attached hydrogen (secondary N) is 4. The Bertz CT molecular complexity index is 1280. The number of pyridine rings is 1. The average Bonchev–Trinajstić information content (AvgIpc) is 3.18. The topological polar surface area (TPSA) is 152 Å². The molecule has 0 aliphatic carbocycles. The summed E-state index contributed by atoms with van der Waals surface area (Å²) in [4.78, 5) is 44.1. The van der Waals surface area contributed by atoms with Crippen LogP contribution in [-0.2, 0) is 11.8 Å². The molecule has 35 heavy (non-hydrogen) atoms. The molecule has 0 bridgehead atoms. The van der Waals surface area contributed by atoms with Crippen LogP contribution in [0.4, 0.5) is 22.0 Å². The molecule has 3 aromatic rings. The molecule has 2 heterocycles. The number of nitrogens with zero attached hydrogens (tertiary/aromatic N) is 4. The Labute approximate surface area is 204 Å². The monoisotopic (exact) mass is 468 g/mol. The number of hydrogen-bond acceptors (Lipinski definition) is 8. The maximum Gasteiger partial charge on any atom is 0.327 e. The van der Waals surface area contributed by atoms with Crippen molar-refractivity contribution < 1.29 is 19.1 Å². The second kappa shape index (κ2) is 10.3. The van der Waals surface area contributed by atoms with E-state index in [2.05, 4.69) is 36.3 Å². The van der Waals surface area contributed by atoms with Crippen molar-refractivity contribution in [3.8, 4) is 17.1 Å². The summed E-state index contributed by atoms with van der Waals surface area (Å²) in [6, 6.07) is 5.76. The highest BCUT2D eigenvalue weighted by Gasteiger charge is 2.21. The summed E-state index contributed by atoms with van der Waals surface area (Å²) < 4.78 is 7.13. The fourth-order valence-electron chi connectivity index (χ4n) is 3.02. The van der Waals surface area contributed by atoms with Crippen molar-refractivity contribution in [1.82, 2.24) is 30.4 Å². The molecule has 12 nitrogen and oxygen atoms in total. The zero-order chi connectivity index (χ0) is 25.8. The van der Waals surface area contributed by atoms with Crippen LogP contribution in [0.2, 0.25) is 0 Å². The van der Waals surface area contributed by atoms with E-state index in [-0.39, 0.29) is 17.1 Å². The summed E-state index contributed by atoms with van der Waals surface area (Å²) in [7, 11) is 19.7. The van der Waals surface area contributed by atoms with Gasteiger partial charge in [0.1, 0.15) is 12.1 Å². The van der Waals surface area contributed by atoms with E-state index in [1.807, 2.05) is 0 Å². The lowest BCUT2D eigenvalue weighted by Crippen LogP contribution is -2.50. The zero-order valence-electron chi connectivity index (χ0n) is 19.1. The summed E-state index contributed by atoms with van der Waals surface area (Å²) >= 11 is 0. The fraction of sp³-hybridized carbons (Fsp3) is 0.200. The molecule has 0 aliphatic heterocycles. The molecule has 0 saturated carbocycles. The van der Waals surface area contributed by atoms with E-state index < -0.39 is 23.1 Å². The Kier molecular flexibility index (Phi) is 7.47. The molecule has 1 aromatic carbocycles. The number of anilines is 3. The first-order valence-electron chi connectivity index (χ1n) is 10.0. The second-order valence-corrected chi connectivity index (χ2v) is 7.39. The van der Waals surface area contributed by atoms with Gasteiger partial charge in [-0.3, -0.25) is 24.9 Å². The van der Waals surface area contributed by atoms with Crippen LogP contribution < -0.4 is 26.0 Å². The van der Waals surface area contributed by atoms with Crippen LogP contribution in [0.5, 0.6) is 5.75 Å². The van der Waals surface area contributed by atoms with Gasteiger partial charge >= 0.3 is 6.03 Å². The molecule has 0 aliphatic rings. The highest BCUT2D eigenvalue weighted by molar-refractivity contribution is 6.60. The predicted molar refractivity (Wildman–Crippen MR) is 131 cm³/mol. The molecule has 0 saturated heterocycles. The second-order valence-electron chi connectivity index (χ2n) is 7.39. The Morgan fingerprint density at radius 3 is 2.46 bits per heavy atom. The van der Waals surface area contributed by atoms with Crippen LogP contribution in [0.3, 0.4) is 0 Å². The number of carbonyl (C=O) groups excluding carboxylic acids is 3. The lowest BCUT2D eigenvalue weighted by molar-refractivity contribution is -0.117. The summed E-state index contributed by atoms with van der Waals surface area (Å²) in [5.41, 5.74) is 1.21. The molecule has 0 spiro atoms. The van der Waals surface area contributed by atoms with Crippen LogP contribution in [-0.4, -0.2) is 73.5 Å². The third-order valence-electron chi connectivity index (χ3n) is 4.34. The van der Waals surface area contributed by atoms with Crippen LogP contribution in [0, 0.1) is 0 Å². The minimum Gasteiger partial charge on any atom is -0.494 e. The summed E-state index contributed by atoms with van der Waals surface area (Å²) in [5, 5.41) is 12.1. The van der Waals surface area contributed by atoms with Crippen LogP contribution in [0.1, 0.15) is 17.3 Å². The van der Waals surface area contributed by atoms with Crippen molar-refractivity contribution in [2.45, 2.75) is 12.2 Å². The van der Waals surface area contributed by atoms with Gasteiger partial charge in [-0.25, -0.2) is 14.8 Å². The third kappa shape index (κ3) is 6.62. The Balaban J connectivity index is 2.04. The van der Waals surface area contributed by atoms with E-state index in [9.17, 15) is 14.4 Å². The van der Waals surface area contributed by atoms with Gasteiger partial charge in [-0.1, -0.05) is 11.3 Å². The molecule has 15 heteroatoms. The smallest absolute Gasteiger partial charge is 0.327 e. The molecular formula is C20H19B3N8O4. The Morgan fingerprint density at radius 1 is 1.11 bits per heavy atom. The molecule has 0 atom stereocenters. The maximum absolute atomic E-state index is 12.8. The molecule has 3 rings (SSSR count). The number of para-hydroxylation sites is 1. The van der Waals surface area contributed by atoms with Crippen molar-refractivity contribution >= 4 is 58.6 Å². The lowest BCUT2D eigenvalue weighted by Gasteiger charge is -2.23. The molecule has 6 radical (unpaired) electrons. The van der Waals surface area contributed by atoms with E-state index in [1.165, 1.54) is 26.3 Å². The van der Waals surface area contributed by atoms with E-state index in [1.54, 1.807) is 36.3 Å². The summed E-state index contributed by atoms with van der Waals surface area (Å²) in [5.74, 6) is -0.469. The van der Waals surface area contributed by atoms with E-state index in [0.29, 0.717) is 22.8 Å². The number of amides is 4. The van der Waals surface area contributed by atoms with Gasteiger partial charge in [-0.15, -0.1) is 0 Å². The SMILES string of the molecule is [B]C([B])([B])NC(=O)c1cnc(NC(=O)NC(C)=O)cc1Nc1cccc(-c2ncn(C)n2)c1OC. The number of ether oxygens (including phenoxy) is 1. The molecule has 4 amide bonds. The molecule has 172 valence electrons. The summed E-state index contributed by atoms with van der Waals surface area (Å²) in [6.45, 7) is 1.18. The molecule has 0 fully saturated rings. The first kappa shape index (κ1) is 25.3. The van der Waals surface area contributed by atoms with Gasteiger partial charge in [0.15, 0.2) is 11.6 Å². The highest BCUT2D eigenvalue weighted by Crippen LogP contribution is 2.37. The van der Waals surface area contributed by atoms with Gasteiger partial charge in [0.2, 0.25) is 5.91 Å². The largest absolute Gasteiger partial charge is 0.494 e. The van der Waals surface area contributed by atoms with Crippen molar-refractivity contribution in [1.29, 1.82) is 0 Å². The Morgan fingerprint density at radius 2 is 1.86 bits per heavy atom. The lowest BCUT2D eigenvalue weighted by atomic mass is 9.49. The average molecular weight is 468 g/mol. The van der Waals surface area contributed by atoms with Crippen molar-refractivity contribution in [2.75, 3.05) is 17.7 Å². The Hall–Kier alpha value is -4.29. The minimum atomic E-state index is -1.99. The first-order chi connectivity index (χ1) is 16.5. The van der Waals surface area contributed by atoms with Gasteiger partial charge in [0.05, 0.1) is 53.2 Å². The predicted octanol–water partition coefficient (Wildman–Crippen LogP) is 0.144. The molecular weight excluding hydrogens is 449 g/mol. The number of urea groups is 1. The van der Waals surface area contributed by atoms with Crippen LogP contribution >= 0.6 is 0 Å². The first-order valence-corrected chi connectivity index (χ1v) is 10.0. The van der Waals surface area contributed by atoms with E-state index in [4.69, 9.17) is 28.3 Å². The van der Waals surface area contributed by atoms with Gasteiger partial charge in [0, 0.05) is 26.2 Å². The maximum atomic E-state index is 12.8. The number of rotatable bonds is 7. The fourth-order valence-corrected chi connectivity index (χ4v) is 3.02. The zero-order valence-corrected chi connectivity index (χ0v) is 19.1. The van der Waals surface area contributed by atoms with E-state index >= 15 is 0 Å². The van der Waals surface area contributed by atoms with Gasteiger partial charge in [-0.2, -0.15) is 5.10 Å². The normalized spacial score (nSPS) is 10.8. The van der Waals surface area contributed by atoms with Gasteiger partial charge < -0.3 is 15.4 Å².